The average molecular weight is 489 g/mol. The van der Waals surface area contributed by atoms with Crippen LogP contribution >= 0.6 is 0 Å². The summed E-state index contributed by atoms with van der Waals surface area (Å²) in [5, 5.41) is 16.6. The molecule has 1 aliphatic heterocycles. The number of aromatic nitrogens is 4. The van der Waals surface area contributed by atoms with E-state index in [0.717, 1.165) is 55.0 Å². The lowest BCUT2D eigenvalue weighted by molar-refractivity contribution is 0.0944. The Morgan fingerprint density at radius 3 is 2.64 bits per heavy atom. The Morgan fingerprint density at radius 2 is 1.89 bits per heavy atom. The number of nitrogens with one attached hydrogen (secondary N) is 4. The second-order valence-electron chi connectivity index (χ2n) is 8.89. The fourth-order valence-electron chi connectivity index (χ4n) is 4.02. The van der Waals surface area contributed by atoms with Gasteiger partial charge in [-0.3, -0.25) is 9.48 Å². The Hall–Kier alpha value is -4.09. The summed E-state index contributed by atoms with van der Waals surface area (Å²) in [4.78, 5) is 35.5. The quantitative estimate of drug-likeness (QED) is 0.264. The Balaban J connectivity index is 1.27. The van der Waals surface area contributed by atoms with Gasteiger partial charge in [0.1, 0.15) is 19.4 Å². The van der Waals surface area contributed by atoms with E-state index in [1.54, 1.807) is 24.0 Å². The van der Waals surface area contributed by atoms with Gasteiger partial charge >= 0.3 is 6.03 Å². The van der Waals surface area contributed by atoms with Gasteiger partial charge in [0.15, 0.2) is 0 Å². The van der Waals surface area contributed by atoms with E-state index >= 15 is 0 Å². The van der Waals surface area contributed by atoms with Gasteiger partial charge in [-0.2, -0.15) is 10.1 Å². The van der Waals surface area contributed by atoms with E-state index in [1.807, 2.05) is 43.9 Å². The van der Waals surface area contributed by atoms with Crippen molar-refractivity contribution >= 4 is 48.4 Å². The molecule has 0 atom stereocenters. The van der Waals surface area contributed by atoms with Crippen molar-refractivity contribution in [2.75, 3.05) is 42.1 Å². The van der Waals surface area contributed by atoms with E-state index in [1.165, 1.54) is 0 Å². The first-order valence-corrected chi connectivity index (χ1v) is 12.2. The first-order valence-electron chi connectivity index (χ1n) is 12.2. The van der Waals surface area contributed by atoms with Crippen molar-refractivity contribution < 1.29 is 9.59 Å². The molecule has 2 aromatic heterocycles. The van der Waals surface area contributed by atoms with Crippen LogP contribution in [0.3, 0.4) is 0 Å². The summed E-state index contributed by atoms with van der Waals surface area (Å²) in [6, 6.07) is 9.18. The maximum absolute atomic E-state index is 12.4. The van der Waals surface area contributed by atoms with Gasteiger partial charge in [-0.25, -0.2) is 9.78 Å². The van der Waals surface area contributed by atoms with E-state index in [4.69, 9.17) is 0 Å². The summed E-state index contributed by atoms with van der Waals surface area (Å²) in [6.45, 7) is 4.62. The van der Waals surface area contributed by atoms with Crippen LogP contribution in [-0.2, 0) is 7.05 Å². The largest absolute Gasteiger partial charge is 0.370 e. The standard InChI is InChI=1S/C24H32BN9O2/c1-16-13-20(33(2)32-16)22(35)27-10-6-9-26-21-19(25)15-28-23(31-21)29-17-7-5-8-18(14-17)30-24(36)34-11-3-4-12-34/h5,7-8,13-15H,3-4,6,9-12,25H2,1-2H3,(H,27,35)(H,30,36)(H2,26,28,29,31). The number of amides is 3. The summed E-state index contributed by atoms with van der Waals surface area (Å²) in [5.41, 5.74) is 3.76. The molecule has 1 saturated heterocycles. The van der Waals surface area contributed by atoms with Crippen molar-refractivity contribution in [2.45, 2.75) is 26.2 Å². The highest BCUT2D eigenvalue weighted by Gasteiger charge is 2.18. The molecule has 0 saturated carbocycles. The molecule has 1 aliphatic rings. The van der Waals surface area contributed by atoms with Crippen LogP contribution in [0.5, 0.6) is 0 Å². The zero-order valence-electron chi connectivity index (χ0n) is 21.0. The number of rotatable bonds is 9. The van der Waals surface area contributed by atoms with Crippen LogP contribution in [0.1, 0.15) is 35.4 Å². The highest BCUT2D eigenvalue weighted by molar-refractivity contribution is 6.35. The minimum absolute atomic E-state index is 0.0747. The Morgan fingerprint density at radius 1 is 1.11 bits per heavy atom. The van der Waals surface area contributed by atoms with Gasteiger partial charge in [0.25, 0.3) is 5.91 Å². The van der Waals surface area contributed by atoms with Crippen LogP contribution in [0.15, 0.2) is 36.5 Å². The number of carbonyl (C=O) groups excluding carboxylic acids is 2. The molecule has 3 amide bonds. The molecule has 1 aromatic carbocycles. The Kier molecular flexibility index (Phi) is 8.04. The van der Waals surface area contributed by atoms with Gasteiger partial charge in [0.2, 0.25) is 5.95 Å². The third kappa shape index (κ3) is 6.52. The van der Waals surface area contributed by atoms with E-state index in [9.17, 15) is 9.59 Å². The molecule has 1 fully saturated rings. The highest BCUT2D eigenvalue weighted by Crippen LogP contribution is 2.19. The lowest BCUT2D eigenvalue weighted by Gasteiger charge is -2.16. The lowest BCUT2D eigenvalue weighted by atomic mass is 9.99. The van der Waals surface area contributed by atoms with Crippen LogP contribution in [0.4, 0.5) is 27.9 Å². The molecule has 11 nitrogen and oxygen atoms in total. The number of hydrogen-bond donors (Lipinski definition) is 4. The minimum atomic E-state index is -0.137. The molecule has 4 rings (SSSR count). The predicted molar refractivity (Wildman–Crippen MR) is 143 cm³/mol. The predicted octanol–water partition coefficient (Wildman–Crippen LogP) is 1.38. The average Bonchev–Trinajstić information content (AvgIpc) is 3.50. The SMILES string of the molecule is Bc1cnc(Nc2cccc(NC(=O)N3CCCC3)c2)nc1NCCCNC(=O)c1cc(C)nn1C. The van der Waals surface area contributed by atoms with E-state index in [0.29, 0.717) is 30.4 Å². The fourth-order valence-corrected chi connectivity index (χ4v) is 4.02. The summed E-state index contributed by atoms with van der Waals surface area (Å²) < 4.78 is 1.58. The van der Waals surface area contributed by atoms with Crippen molar-refractivity contribution in [1.29, 1.82) is 0 Å². The molecule has 4 N–H and O–H groups in total. The van der Waals surface area contributed by atoms with Gasteiger partial charge in [0, 0.05) is 50.8 Å². The topological polar surface area (TPSA) is 129 Å². The van der Waals surface area contributed by atoms with Crippen LogP contribution in [0.2, 0.25) is 0 Å². The van der Waals surface area contributed by atoms with Gasteiger partial charge in [-0.15, -0.1) is 0 Å². The fraction of sp³-hybridized carbons (Fsp3) is 0.375. The zero-order chi connectivity index (χ0) is 25.5. The number of benzene rings is 1. The maximum atomic E-state index is 12.4. The number of urea groups is 1. The molecular formula is C24H32BN9O2. The first kappa shape index (κ1) is 25.0. The molecule has 3 heterocycles. The summed E-state index contributed by atoms with van der Waals surface area (Å²) >= 11 is 0. The van der Waals surface area contributed by atoms with Crippen molar-refractivity contribution in [3.05, 3.63) is 47.9 Å². The summed E-state index contributed by atoms with van der Waals surface area (Å²) in [6.07, 6.45) is 4.59. The molecule has 0 bridgehead atoms. The third-order valence-corrected chi connectivity index (χ3v) is 5.90. The van der Waals surface area contributed by atoms with Gasteiger partial charge in [-0.1, -0.05) is 6.07 Å². The number of likely N-dealkylation sites (tertiary alicyclic amines) is 1. The van der Waals surface area contributed by atoms with Crippen molar-refractivity contribution in [3.63, 3.8) is 0 Å². The molecule has 0 radical (unpaired) electrons. The maximum Gasteiger partial charge on any atom is 0.321 e. The van der Waals surface area contributed by atoms with Gasteiger partial charge in [-0.05, 0) is 55.9 Å². The Bertz CT molecular complexity index is 1220. The molecule has 36 heavy (non-hydrogen) atoms. The van der Waals surface area contributed by atoms with E-state index in [2.05, 4.69) is 36.3 Å². The van der Waals surface area contributed by atoms with Crippen LogP contribution in [-0.4, -0.2) is 70.6 Å². The molecule has 0 spiro atoms. The normalized spacial score (nSPS) is 12.9. The van der Waals surface area contributed by atoms with E-state index < -0.39 is 0 Å². The monoisotopic (exact) mass is 489 g/mol. The zero-order valence-corrected chi connectivity index (χ0v) is 21.0. The highest BCUT2D eigenvalue weighted by atomic mass is 16.2. The Labute approximate surface area is 211 Å². The van der Waals surface area contributed by atoms with Crippen molar-refractivity contribution in [3.8, 4) is 0 Å². The molecule has 0 unspecified atom stereocenters. The molecule has 188 valence electrons. The molecular weight excluding hydrogens is 457 g/mol. The number of hydrogen-bond acceptors (Lipinski definition) is 7. The van der Waals surface area contributed by atoms with Gasteiger partial charge in [0.05, 0.1) is 5.69 Å². The molecule has 3 aromatic rings. The number of nitrogens with zero attached hydrogens (tertiary/aromatic N) is 5. The number of carbonyl (C=O) groups is 2. The van der Waals surface area contributed by atoms with Crippen LogP contribution in [0, 0.1) is 6.92 Å². The lowest BCUT2D eigenvalue weighted by Crippen LogP contribution is -2.32. The summed E-state index contributed by atoms with van der Waals surface area (Å²) in [5.74, 6) is 1.03. The molecule has 0 aliphatic carbocycles. The van der Waals surface area contributed by atoms with Crippen LogP contribution in [0.25, 0.3) is 0 Å². The smallest absolute Gasteiger partial charge is 0.321 e. The van der Waals surface area contributed by atoms with Crippen molar-refractivity contribution in [2.24, 2.45) is 7.05 Å². The molecule has 12 heteroatoms. The third-order valence-electron chi connectivity index (χ3n) is 5.90. The minimum Gasteiger partial charge on any atom is -0.370 e. The van der Waals surface area contributed by atoms with E-state index in [-0.39, 0.29) is 11.9 Å². The van der Waals surface area contributed by atoms with Gasteiger partial charge < -0.3 is 26.2 Å². The second-order valence-corrected chi connectivity index (χ2v) is 8.89. The summed E-state index contributed by atoms with van der Waals surface area (Å²) in [7, 11) is 3.70. The number of anilines is 4. The van der Waals surface area contributed by atoms with Crippen LogP contribution < -0.4 is 26.7 Å². The first-order chi connectivity index (χ1) is 17.4. The second kappa shape index (κ2) is 11.6. The number of aryl methyl sites for hydroxylation is 2. The van der Waals surface area contributed by atoms with Crippen molar-refractivity contribution in [1.82, 2.24) is 30.0 Å².